The first-order valence-electron chi connectivity index (χ1n) is 19.9. The number of rotatable bonds is 5. The van der Waals surface area contributed by atoms with Crippen LogP contribution in [-0.4, -0.2) is 10.6 Å². The van der Waals surface area contributed by atoms with Crippen molar-refractivity contribution >= 4 is 33.2 Å². The molecular formula is C54H40N4. The van der Waals surface area contributed by atoms with Crippen LogP contribution in [0.4, 0.5) is 11.4 Å². The molecule has 1 aliphatic carbocycles. The minimum atomic E-state index is -0.0871. The van der Waals surface area contributed by atoms with Gasteiger partial charge < -0.3 is 9.47 Å². The highest BCUT2D eigenvalue weighted by Crippen LogP contribution is 2.52. The number of fused-ring (bicyclic) bond motifs is 6. The maximum Gasteiger partial charge on any atom is 0.101 e. The molecule has 8 aromatic rings. The monoisotopic (exact) mass is 744 g/mol. The maximum atomic E-state index is 10.9. The summed E-state index contributed by atoms with van der Waals surface area (Å²) in [6.07, 6.45) is 6.90. The Morgan fingerprint density at radius 2 is 1.05 bits per heavy atom. The molecule has 0 saturated carbocycles. The van der Waals surface area contributed by atoms with Crippen molar-refractivity contribution in [1.29, 1.82) is 10.5 Å². The Morgan fingerprint density at radius 3 is 1.60 bits per heavy atom. The van der Waals surface area contributed by atoms with Crippen LogP contribution in [-0.2, 0) is 0 Å². The van der Waals surface area contributed by atoms with Gasteiger partial charge in [-0.25, -0.2) is 0 Å². The Labute approximate surface area is 339 Å². The first-order chi connectivity index (χ1) is 28.3. The number of nitrogens with zero attached hydrogens (tertiary/aromatic N) is 4. The standard InChI is InChI=1S/C54H40N4/c1-54(2,3)43-22-26-50-48(32-43)47-29-37(35-13-7-4-8-14-35)21-25-49(47)58(50)53-41(33-55)27-40(28-42(53)34-56)39-20-24-46-45-23-19-38(36-15-9-5-10-16-36)30-51(45)57(52(46)31-39)44-17-11-6-12-18-44/h4-32,48,50H,1-3H3. The lowest BCUT2D eigenvalue weighted by molar-refractivity contribution is 0.507. The molecule has 2 heterocycles. The number of para-hydroxylation sites is 1. The van der Waals surface area contributed by atoms with E-state index in [4.69, 9.17) is 0 Å². The predicted octanol–water partition coefficient (Wildman–Crippen LogP) is 13.7. The van der Waals surface area contributed by atoms with Gasteiger partial charge in [0.05, 0.1) is 33.9 Å². The summed E-state index contributed by atoms with van der Waals surface area (Å²) in [6, 6.07) is 60.1. The minimum absolute atomic E-state index is 0.0269. The molecule has 0 radical (unpaired) electrons. The number of aromatic nitrogens is 1. The van der Waals surface area contributed by atoms with Gasteiger partial charge in [-0.2, -0.15) is 10.5 Å². The van der Waals surface area contributed by atoms with Gasteiger partial charge in [-0.1, -0.05) is 148 Å². The smallest absolute Gasteiger partial charge is 0.101 e. The zero-order valence-corrected chi connectivity index (χ0v) is 32.7. The zero-order chi connectivity index (χ0) is 39.5. The Balaban J connectivity index is 1.13. The van der Waals surface area contributed by atoms with E-state index < -0.39 is 0 Å². The molecule has 7 aromatic carbocycles. The molecule has 276 valence electrons. The normalized spacial score (nSPS) is 15.8. The lowest BCUT2D eigenvalue weighted by Crippen LogP contribution is -2.31. The van der Waals surface area contributed by atoms with E-state index in [1.807, 2.05) is 30.3 Å². The lowest BCUT2D eigenvalue weighted by Gasteiger charge is -2.33. The molecule has 0 bridgehead atoms. The summed E-state index contributed by atoms with van der Waals surface area (Å²) >= 11 is 0. The molecule has 0 N–H and O–H groups in total. The van der Waals surface area contributed by atoms with Crippen molar-refractivity contribution < 1.29 is 0 Å². The molecule has 0 fully saturated rings. The Hall–Kier alpha value is -7.40. The fourth-order valence-corrected chi connectivity index (χ4v) is 9.07. The van der Waals surface area contributed by atoms with Gasteiger partial charge in [-0.3, -0.25) is 0 Å². The van der Waals surface area contributed by atoms with Gasteiger partial charge in [-0.15, -0.1) is 0 Å². The molecule has 0 saturated heterocycles. The highest BCUT2D eigenvalue weighted by Gasteiger charge is 2.41. The first-order valence-corrected chi connectivity index (χ1v) is 19.9. The number of hydrogen-bond donors (Lipinski definition) is 0. The molecule has 0 amide bonds. The van der Waals surface area contributed by atoms with Crippen LogP contribution in [0.3, 0.4) is 0 Å². The van der Waals surface area contributed by atoms with Gasteiger partial charge in [0, 0.05) is 28.1 Å². The average molecular weight is 745 g/mol. The van der Waals surface area contributed by atoms with Crippen molar-refractivity contribution in [3.8, 4) is 51.2 Å². The summed E-state index contributed by atoms with van der Waals surface area (Å²) in [5.74, 6) is 0.0559. The van der Waals surface area contributed by atoms with Crippen LogP contribution in [0.1, 0.15) is 43.4 Å². The third-order valence-corrected chi connectivity index (χ3v) is 11.9. The van der Waals surface area contributed by atoms with Crippen molar-refractivity contribution in [2.45, 2.75) is 32.7 Å². The molecule has 0 spiro atoms. The van der Waals surface area contributed by atoms with Crippen molar-refractivity contribution in [3.63, 3.8) is 0 Å². The largest absolute Gasteiger partial charge is 0.331 e. The molecule has 4 nitrogen and oxygen atoms in total. The fraction of sp³-hybridized carbons (Fsp3) is 0.111. The summed E-state index contributed by atoms with van der Waals surface area (Å²) in [6.45, 7) is 6.74. The Bertz CT molecular complexity index is 3020. The molecule has 58 heavy (non-hydrogen) atoms. The van der Waals surface area contributed by atoms with Crippen LogP contribution >= 0.6 is 0 Å². The molecule has 2 atom stereocenters. The number of anilines is 2. The van der Waals surface area contributed by atoms with Gasteiger partial charge in [-0.05, 0) is 98.5 Å². The SMILES string of the molecule is CC(C)(C)C1=CC2c3cc(-c4ccccc4)ccc3N(c3c(C#N)cc(-c4ccc5c6ccc(-c7ccccc7)cc6n(-c6ccccc6)c5c4)cc3C#N)C2C=C1. The predicted molar refractivity (Wildman–Crippen MR) is 238 cm³/mol. The molecule has 1 aliphatic heterocycles. The third-order valence-electron chi connectivity index (χ3n) is 11.9. The molecule has 2 aliphatic rings. The van der Waals surface area contributed by atoms with Crippen LogP contribution < -0.4 is 4.90 Å². The number of allylic oxidation sites excluding steroid dienone is 2. The number of nitriles is 2. The molecule has 10 rings (SSSR count). The van der Waals surface area contributed by atoms with E-state index in [2.05, 4.69) is 188 Å². The van der Waals surface area contributed by atoms with E-state index in [-0.39, 0.29) is 17.4 Å². The summed E-state index contributed by atoms with van der Waals surface area (Å²) in [5, 5.41) is 24.1. The van der Waals surface area contributed by atoms with Crippen LogP contribution in [0.2, 0.25) is 0 Å². The van der Waals surface area contributed by atoms with Crippen LogP contribution in [0.25, 0.3) is 60.9 Å². The molecule has 4 heteroatoms. The second-order valence-corrected chi connectivity index (χ2v) is 16.4. The van der Waals surface area contributed by atoms with Crippen molar-refractivity contribution in [3.05, 3.63) is 198 Å². The van der Waals surface area contributed by atoms with E-state index in [9.17, 15) is 10.5 Å². The molecular weight excluding hydrogens is 705 g/mol. The quantitative estimate of drug-likeness (QED) is 0.176. The average Bonchev–Trinajstić information content (AvgIpc) is 3.77. The molecule has 1 aromatic heterocycles. The van der Waals surface area contributed by atoms with E-state index in [1.165, 1.54) is 16.7 Å². The number of benzene rings is 7. The molecule has 2 unspecified atom stereocenters. The second-order valence-electron chi connectivity index (χ2n) is 16.4. The van der Waals surface area contributed by atoms with E-state index in [0.717, 1.165) is 61.0 Å². The van der Waals surface area contributed by atoms with Gasteiger partial charge in [0.25, 0.3) is 0 Å². The summed E-state index contributed by atoms with van der Waals surface area (Å²) in [7, 11) is 0. The summed E-state index contributed by atoms with van der Waals surface area (Å²) < 4.78 is 2.32. The Morgan fingerprint density at radius 1 is 0.534 bits per heavy atom. The highest BCUT2D eigenvalue weighted by atomic mass is 15.2. The van der Waals surface area contributed by atoms with Gasteiger partial charge in [0.1, 0.15) is 12.1 Å². The maximum absolute atomic E-state index is 10.9. The highest BCUT2D eigenvalue weighted by molar-refractivity contribution is 6.11. The summed E-state index contributed by atoms with van der Waals surface area (Å²) in [4.78, 5) is 2.24. The topological polar surface area (TPSA) is 55.8 Å². The third kappa shape index (κ3) is 5.73. The minimum Gasteiger partial charge on any atom is -0.331 e. The van der Waals surface area contributed by atoms with Crippen molar-refractivity contribution in [1.82, 2.24) is 4.57 Å². The second kappa shape index (κ2) is 13.7. The van der Waals surface area contributed by atoms with E-state index in [0.29, 0.717) is 16.8 Å². The number of hydrogen-bond acceptors (Lipinski definition) is 3. The van der Waals surface area contributed by atoms with Crippen molar-refractivity contribution in [2.24, 2.45) is 5.41 Å². The van der Waals surface area contributed by atoms with E-state index in [1.54, 1.807) is 0 Å². The van der Waals surface area contributed by atoms with Gasteiger partial charge in [0.2, 0.25) is 0 Å². The van der Waals surface area contributed by atoms with Crippen LogP contribution in [0.5, 0.6) is 0 Å². The van der Waals surface area contributed by atoms with Crippen molar-refractivity contribution in [2.75, 3.05) is 4.90 Å². The van der Waals surface area contributed by atoms with Gasteiger partial charge in [0.15, 0.2) is 0 Å². The summed E-state index contributed by atoms with van der Waals surface area (Å²) in [5.41, 5.74) is 14.7. The van der Waals surface area contributed by atoms with Crippen LogP contribution in [0.15, 0.2) is 182 Å². The zero-order valence-electron chi connectivity index (χ0n) is 32.7. The fourth-order valence-electron chi connectivity index (χ4n) is 9.07. The van der Waals surface area contributed by atoms with E-state index >= 15 is 0 Å². The first kappa shape index (κ1) is 35.0. The van der Waals surface area contributed by atoms with Crippen LogP contribution in [0, 0.1) is 28.1 Å². The van der Waals surface area contributed by atoms with Gasteiger partial charge >= 0.3 is 0 Å². The lowest BCUT2D eigenvalue weighted by atomic mass is 9.78. The Kier molecular flexibility index (Phi) is 8.26.